The van der Waals surface area contributed by atoms with Gasteiger partial charge in [0.25, 0.3) is 5.91 Å². The Morgan fingerprint density at radius 2 is 1.96 bits per heavy atom. The third-order valence-electron chi connectivity index (χ3n) is 3.87. The van der Waals surface area contributed by atoms with E-state index in [2.05, 4.69) is 10.3 Å². The largest absolute Gasteiger partial charge is 0.497 e. The lowest BCUT2D eigenvalue weighted by Gasteiger charge is -2.25. The van der Waals surface area contributed by atoms with Crippen LogP contribution in [0.2, 0.25) is 0 Å². The first kappa shape index (κ1) is 20.4. The number of carbonyl (C=O) groups excluding carboxylic acids is 2. The van der Waals surface area contributed by atoms with Gasteiger partial charge in [0.05, 0.1) is 13.3 Å². The number of nitrogens with zero attached hydrogens (tertiary/aromatic N) is 2. The Morgan fingerprint density at radius 3 is 2.52 bits per heavy atom. The standard InChI is InChI=1S/C18H21N3O5S/c1-11(18(24)25)21(9-8-19-12(2)22)17(23)15-10-20-16(27-15)13-4-6-14(26-3)7-5-13/h4-7,10-11H,8-9H2,1-3H3,(H,19,22)(H,24,25). The summed E-state index contributed by atoms with van der Waals surface area (Å²) in [6.45, 7) is 3.04. The van der Waals surface area contributed by atoms with Crippen molar-refractivity contribution in [3.05, 3.63) is 35.3 Å². The lowest BCUT2D eigenvalue weighted by atomic mass is 10.2. The molecule has 1 aromatic carbocycles. The van der Waals surface area contributed by atoms with Gasteiger partial charge >= 0.3 is 5.97 Å². The first-order valence-electron chi connectivity index (χ1n) is 8.22. The van der Waals surface area contributed by atoms with Gasteiger partial charge in [-0.1, -0.05) is 0 Å². The highest BCUT2D eigenvalue weighted by Gasteiger charge is 2.27. The van der Waals surface area contributed by atoms with Gasteiger partial charge in [-0.2, -0.15) is 0 Å². The molecule has 9 heteroatoms. The third-order valence-corrected chi connectivity index (χ3v) is 4.90. The van der Waals surface area contributed by atoms with E-state index in [9.17, 15) is 19.5 Å². The van der Waals surface area contributed by atoms with Crippen LogP contribution in [0.3, 0.4) is 0 Å². The number of aliphatic carboxylic acids is 1. The van der Waals surface area contributed by atoms with Crippen LogP contribution in [0, 0.1) is 0 Å². The molecular weight excluding hydrogens is 370 g/mol. The minimum absolute atomic E-state index is 0.0850. The maximum atomic E-state index is 12.8. The zero-order valence-electron chi connectivity index (χ0n) is 15.3. The molecule has 2 N–H and O–H groups in total. The van der Waals surface area contributed by atoms with E-state index in [-0.39, 0.29) is 19.0 Å². The summed E-state index contributed by atoms with van der Waals surface area (Å²) in [6, 6.07) is 6.23. The van der Waals surface area contributed by atoms with Gasteiger partial charge in [-0.05, 0) is 31.2 Å². The zero-order valence-corrected chi connectivity index (χ0v) is 16.1. The van der Waals surface area contributed by atoms with Gasteiger partial charge in [0.15, 0.2) is 0 Å². The van der Waals surface area contributed by atoms with E-state index < -0.39 is 17.9 Å². The molecule has 0 spiro atoms. The highest BCUT2D eigenvalue weighted by Crippen LogP contribution is 2.27. The maximum Gasteiger partial charge on any atom is 0.326 e. The van der Waals surface area contributed by atoms with Gasteiger partial charge in [0, 0.05) is 25.6 Å². The molecule has 8 nitrogen and oxygen atoms in total. The molecular formula is C18H21N3O5S. The van der Waals surface area contributed by atoms with Crippen LogP contribution in [0.4, 0.5) is 0 Å². The van der Waals surface area contributed by atoms with E-state index in [0.717, 1.165) is 5.56 Å². The second-order valence-corrected chi connectivity index (χ2v) is 6.78. The second kappa shape index (κ2) is 9.13. The molecule has 1 heterocycles. The molecule has 1 atom stereocenters. The molecule has 1 unspecified atom stereocenters. The van der Waals surface area contributed by atoms with Gasteiger partial charge in [0.1, 0.15) is 21.7 Å². The molecule has 1 aromatic heterocycles. The minimum atomic E-state index is -1.12. The molecule has 2 amide bonds. The Kier molecular flexibility index (Phi) is 6.89. The van der Waals surface area contributed by atoms with E-state index in [1.54, 1.807) is 19.2 Å². The fourth-order valence-corrected chi connectivity index (χ4v) is 3.22. The first-order chi connectivity index (χ1) is 12.8. The number of rotatable bonds is 8. The van der Waals surface area contributed by atoms with Crippen LogP contribution in [0.1, 0.15) is 23.5 Å². The van der Waals surface area contributed by atoms with Crippen LogP contribution in [-0.4, -0.2) is 59.0 Å². The summed E-state index contributed by atoms with van der Waals surface area (Å²) in [5.41, 5.74) is 0.830. The molecule has 0 aliphatic rings. The van der Waals surface area contributed by atoms with Crippen molar-refractivity contribution in [2.24, 2.45) is 0 Å². The first-order valence-corrected chi connectivity index (χ1v) is 9.03. The van der Waals surface area contributed by atoms with Gasteiger partial charge < -0.3 is 20.1 Å². The van der Waals surface area contributed by atoms with E-state index in [4.69, 9.17) is 4.74 Å². The molecule has 0 fully saturated rings. The van der Waals surface area contributed by atoms with Crippen molar-refractivity contribution >= 4 is 29.1 Å². The van der Waals surface area contributed by atoms with Crippen LogP contribution >= 0.6 is 11.3 Å². The van der Waals surface area contributed by atoms with Gasteiger partial charge in [-0.25, -0.2) is 9.78 Å². The quantitative estimate of drug-likeness (QED) is 0.711. The average Bonchev–Trinajstić information content (AvgIpc) is 3.14. The monoisotopic (exact) mass is 391 g/mol. The number of hydrogen-bond donors (Lipinski definition) is 2. The predicted molar refractivity (Wildman–Crippen MR) is 101 cm³/mol. The molecule has 0 bridgehead atoms. The van der Waals surface area contributed by atoms with Crippen molar-refractivity contribution in [1.82, 2.24) is 15.2 Å². The van der Waals surface area contributed by atoms with E-state index in [1.165, 1.54) is 36.3 Å². The maximum absolute atomic E-state index is 12.8. The lowest BCUT2D eigenvalue weighted by molar-refractivity contribution is -0.141. The fraction of sp³-hybridized carbons (Fsp3) is 0.333. The number of carboxylic acid groups (broad SMARTS) is 1. The van der Waals surface area contributed by atoms with Crippen LogP contribution in [0.15, 0.2) is 30.5 Å². The molecule has 27 heavy (non-hydrogen) atoms. The molecule has 0 aliphatic carbocycles. The van der Waals surface area contributed by atoms with Gasteiger partial charge in [0.2, 0.25) is 5.91 Å². The van der Waals surface area contributed by atoms with Gasteiger partial charge in [-0.3, -0.25) is 9.59 Å². The summed E-state index contributed by atoms with van der Waals surface area (Å²) in [4.78, 5) is 41.0. The number of aromatic nitrogens is 1. The van der Waals surface area contributed by atoms with Crippen LogP contribution < -0.4 is 10.1 Å². The SMILES string of the molecule is COc1ccc(-c2ncc(C(=O)N(CCNC(C)=O)C(C)C(=O)O)s2)cc1. The number of thiazole rings is 1. The Labute approximate surface area is 160 Å². The van der Waals surface area contributed by atoms with Gasteiger partial charge in [-0.15, -0.1) is 11.3 Å². The molecule has 2 aromatic rings. The number of methoxy groups -OCH3 is 1. The fourth-order valence-electron chi connectivity index (χ4n) is 2.34. The summed E-state index contributed by atoms with van der Waals surface area (Å²) in [6.07, 6.45) is 1.44. The van der Waals surface area contributed by atoms with E-state index in [1.807, 2.05) is 12.1 Å². The summed E-state index contributed by atoms with van der Waals surface area (Å²) in [5.74, 6) is -1.09. The summed E-state index contributed by atoms with van der Waals surface area (Å²) in [5, 5.41) is 12.5. The van der Waals surface area contributed by atoms with E-state index in [0.29, 0.717) is 15.6 Å². The highest BCUT2D eigenvalue weighted by molar-refractivity contribution is 7.16. The minimum Gasteiger partial charge on any atom is -0.497 e. The number of ether oxygens (including phenoxy) is 1. The summed E-state index contributed by atoms with van der Waals surface area (Å²) in [7, 11) is 1.58. The molecule has 0 aliphatic heterocycles. The number of carboxylic acids is 1. The lowest BCUT2D eigenvalue weighted by Crippen LogP contribution is -2.46. The van der Waals surface area contributed by atoms with Crippen molar-refractivity contribution in [1.29, 1.82) is 0 Å². The van der Waals surface area contributed by atoms with Crippen molar-refractivity contribution in [2.75, 3.05) is 20.2 Å². The third kappa shape index (κ3) is 5.27. The van der Waals surface area contributed by atoms with Crippen LogP contribution in [0.25, 0.3) is 10.6 Å². The van der Waals surface area contributed by atoms with Crippen LogP contribution in [0.5, 0.6) is 5.75 Å². The Balaban J connectivity index is 2.19. The Bertz CT molecular complexity index is 819. The number of amides is 2. The smallest absolute Gasteiger partial charge is 0.326 e. The molecule has 0 saturated heterocycles. The molecule has 2 rings (SSSR count). The Hall–Kier alpha value is -2.94. The normalized spacial score (nSPS) is 11.5. The number of hydrogen-bond acceptors (Lipinski definition) is 6. The zero-order chi connectivity index (χ0) is 20.0. The molecule has 0 saturated carbocycles. The molecule has 144 valence electrons. The summed E-state index contributed by atoms with van der Waals surface area (Å²) < 4.78 is 5.12. The predicted octanol–water partition coefficient (Wildman–Crippen LogP) is 1.87. The van der Waals surface area contributed by atoms with Crippen molar-refractivity contribution in [3.8, 4) is 16.3 Å². The van der Waals surface area contributed by atoms with Crippen molar-refractivity contribution < 1.29 is 24.2 Å². The van der Waals surface area contributed by atoms with Crippen molar-refractivity contribution in [3.63, 3.8) is 0 Å². The topological polar surface area (TPSA) is 109 Å². The Morgan fingerprint density at radius 1 is 1.30 bits per heavy atom. The van der Waals surface area contributed by atoms with Crippen LogP contribution in [-0.2, 0) is 9.59 Å². The second-order valence-electron chi connectivity index (χ2n) is 5.75. The highest BCUT2D eigenvalue weighted by atomic mass is 32.1. The summed E-state index contributed by atoms with van der Waals surface area (Å²) >= 11 is 1.18. The van der Waals surface area contributed by atoms with E-state index >= 15 is 0 Å². The number of nitrogens with one attached hydrogen (secondary N) is 1. The average molecular weight is 391 g/mol. The number of carbonyl (C=O) groups is 3. The van der Waals surface area contributed by atoms with Crippen molar-refractivity contribution in [2.45, 2.75) is 19.9 Å². The number of benzene rings is 1. The molecule has 0 radical (unpaired) electrons.